The summed E-state index contributed by atoms with van der Waals surface area (Å²) < 4.78 is 11.3. The van der Waals surface area contributed by atoms with Gasteiger partial charge in [-0.2, -0.15) is 0 Å². The molecule has 1 fully saturated rings. The van der Waals surface area contributed by atoms with Crippen LogP contribution in [0.5, 0.6) is 11.5 Å². The van der Waals surface area contributed by atoms with E-state index in [1.54, 1.807) is 12.4 Å². The summed E-state index contributed by atoms with van der Waals surface area (Å²) in [5, 5.41) is 6.04. The molecule has 1 aliphatic heterocycles. The van der Waals surface area contributed by atoms with E-state index in [0.717, 1.165) is 46.2 Å². The van der Waals surface area contributed by atoms with Crippen molar-refractivity contribution in [1.82, 2.24) is 15.3 Å². The quantitative estimate of drug-likeness (QED) is 0.673. The van der Waals surface area contributed by atoms with E-state index in [9.17, 15) is 4.79 Å². The highest BCUT2D eigenvalue weighted by Gasteiger charge is 2.34. The lowest BCUT2D eigenvalue weighted by atomic mass is 10.0. The molecule has 0 bridgehead atoms. The number of rotatable bonds is 6. The van der Waals surface area contributed by atoms with Crippen LogP contribution >= 0.6 is 11.3 Å². The van der Waals surface area contributed by atoms with E-state index in [4.69, 9.17) is 9.47 Å². The number of nitrogens with zero attached hydrogens (tertiary/aromatic N) is 2. The zero-order valence-electron chi connectivity index (χ0n) is 15.8. The van der Waals surface area contributed by atoms with Crippen molar-refractivity contribution >= 4 is 17.2 Å². The monoisotopic (exact) mass is 407 g/mol. The van der Waals surface area contributed by atoms with Crippen LogP contribution in [-0.2, 0) is 11.2 Å². The van der Waals surface area contributed by atoms with Crippen LogP contribution in [0.2, 0.25) is 0 Å². The van der Waals surface area contributed by atoms with Gasteiger partial charge < -0.3 is 14.8 Å². The van der Waals surface area contributed by atoms with Gasteiger partial charge in [-0.15, -0.1) is 11.3 Å². The molecule has 3 heterocycles. The Morgan fingerprint density at radius 3 is 2.86 bits per heavy atom. The van der Waals surface area contributed by atoms with Gasteiger partial charge in [0.1, 0.15) is 18.2 Å². The zero-order chi connectivity index (χ0) is 19.6. The molecule has 29 heavy (non-hydrogen) atoms. The minimum absolute atomic E-state index is 0.00486. The van der Waals surface area contributed by atoms with E-state index >= 15 is 0 Å². The van der Waals surface area contributed by atoms with E-state index in [0.29, 0.717) is 19.1 Å². The number of nitrogens with one attached hydrogen (secondary N) is 1. The highest BCUT2D eigenvalue weighted by molar-refractivity contribution is 7.13. The van der Waals surface area contributed by atoms with Crippen LogP contribution < -0.4 is 14.8 Å². The van der Waals surface area contributed by atoms with Gasteiger partial charge in [0.25, 0.3) is 0 Å². The van der Waals surface area contributed by atoms with E-state index in [2.05, 4.69) is 15.3 Å². The van der Waals surface area contributed by atoms with Gasteiger partial charge in [-0.25, -0.2) is 4.98 Å². The first kappa shape index (κ1) is 18.1. The van der Waals surface area contributed by atoms with Crippen LogP contribution in [0.25, 0.3) is 10.6 Å². The topological polar surface area (TPSA) is 73.3 Å². The van der Waals surface area contributed by atoms with Crippen molar-refractivity contribution in [2.24, 2.45) is 5.92 Å². The molecule has 0 spiro atoms. The Kier molecular flexibility index (Phi) is 4.89. The van der Waals surface area contributed by atoms with Gasteiger partial charge in [0.2, 0.25) is 5.91 Å². The maximum absolute atomic E-state index is 12.7. The molecule has 1 aliphatic carbocycles. The van der Waals surface area contributed by atoms with Crippen LogP contribution in [0.4, 0.5) is 0 Å². The van der Waals surface area contributed by atoms with E-state index in [1.807, 2.05) is 35.7 Å². The van der Waals surface area contributed by atoms with Crippen molar-refractivity contribution in [3.63, 3.8) is 0 Å². The lowest BCUT2D eigenvalue weighted by Crippen LogP contribution is -2.31. The summed E-state index contributed by atoms with van der Waals surface area (Å²) in [4.78, 5) is 21.5. The fraction of sp³-hybridized carbons (Fsp3) is 0.318. The Balaban J connectivity index is 1.28. The number of amides is 1. The number of fused-ring (bicyclic) bond motifs is 1. The zero-order valence-corrected chi connectivity index (χ0v) is 16.7. The molecule has 0 saturated heterocycles. The summed E-state index contributed by atoms with van der Waals surface area (Å²) in [6.45, 7) is 1.13. The van der Waals surface area contributed by atoms with Gasteiger partial charge in [0, 0.05) is 23.3 Å². The first-order valence-electron chi connectivity index (χ1n) is 9.80. The number of hydrogen-bond acceptors (Lipinski definition) is 6. The minimum atomic E-state index is -0.0141. The summed E-state index contributed by atoms with van der Waals surface area (Å²) >= 11 is 1.53. The van der Waals surface area contributed by atoms with Crippen molar-refractivity contribution in [3.8, 4) is 22.1 Å². The number of aromatic nitrogens is 2. The molecule has 1 amide bonds. The maximum atomic E-state index is 12.7. The fourth-order valence-electron chi connectivity index (χ4n) is 3.56. The number of ether oxygens (including phenoxy) is 2. The van der Waals surface area contributed by atoms with Crippen molar-refractivity contribution in [1.29, 1.82) is 0 Å². The molecule has 2 aliphatic rings. The maximum Gasteiger partial charge on any atom is 0.226 e. The smallest absolute Gasteiger partial charge is 0.226 e. The summed E-state index contributed by atoms with van der Waals surface area (Å²) in [7, 11) is 0. The largest absolute Gasteiger partial charge is 0.486 e. The number of carbonyl (C=O) groups is 1. The molecule has 0 radical (unpaired) electrons. The van der Waals surface area contributed by atoms with Crippen LogP contribution in [0.1, 0.15) is 30.1 Å². The predicted octanol–water partition coefficient (Wildman–Crippen LogP) is 3.79. The highest BCUT2D eigenvalue weighted by atomic mass is 32.1. The second-order valence-corrected chi connectivity index (χ2v) is 8.21. The molecule has 7 heteroatoms. The predicted molar refractivity (Wildman–Crippen MR) is 110 cm³/mol. The first-order valence-corrected chi connectivity index (χ1v) is 10.7. The number of carbonyl (C=O) groups excluding carboxylic acids is 1. The molecule has 148 valence electrons. The van der Waals surface area contributed by atoms with Gasteiger partial charge in [-0.3, -0.25) is 9.78 Å². The Morgan fingerprint density at radius 1 is 1.21 bits per heavy atom. The molecule has 1 N–H and O–H groups in total. The van der Waals surface area contributed by atoms with Gasteiger partial charge >= 0.3 is 0 Å². The Morgan fingerprint density at radius 2 is 2.07 bits per heavy atom. The van der Waals surface area contributed by atoms with E-state index < -0.39 is 0 Å². The van der Waals surface area contributed by atoms with E-state index in [1.165, 1.54) is 11.3 Å². The fourth-order valence-corrected chi connectivity index (χ4v) is 4.37. The van der Waals surface area contributed by atoms with Crippen molar-refractivity contribution in [3.05, 3.63) is 59.4 Å². The highest BCUT2D eigenvalue weighted by Crippen LogP contribution is 2.43. The van der Waals surface area contributed by atoms with Crippen LogP contribution in [0.3, 0.4) is 0 Å². The summed E-state index contributed by atoms with van der Waals surface area (Å²) in [6.07, 6.45) is 6.04. The van der Waals surface area contributed by atoms with Gasteiger partial charge in [-0.05, 0) is 48.6 Å². The second kappa shape index (κ2) is 7.83. The Hall–Kier alpha value is -2.93. The molecule has 1 aromatic carbocycles. The minimum Gasteiger partial charge on any atom is -0.486 e. The second-order valence-electron chi connectivity index (χ2n) is 7.35. The molecule has 5 rings (SSSR count). The summed E-state index contributed by atoms with van der Waals surface area (Å²) in [5.74, 6) is 1.99. The van der Waals surface area contributed by atoms with Crippen molar-refractivity contribution in [2.75, 3.05) is 13.2 Å². The number of hydrogen-bond donors (Lipinski definition) is 1. The molecule has 1 atom stereocenters. The number of pyridine rings is 1. The van der Waals surface area contributed by atoms with Gasteiger partial charge in [0.05, 0.1) is 18.2 Å². The third kappa shape index (κ3) is 4.10. The summed E-state index contributed by atoms with van der Waals surface area (Å²) in [5.41, 5.74) is 2.82. The Labute approximate surface area is 172 Å². The number of benzene rings is 1. The standard InChI is InChI=1S/C22H21N3O3S/c26-20(11-17-13-29-22(24-17)16-2-1-7-23-12-16)25-21(14-3-4-14)15-5-6-18-19(10-15)28-9-8-27-18/h1-2,5-7,10,12-14,21H,3-4,8-9,11H2,(H,25,26). The third-order valence-electron chi connectivity index (χ3n) is 5.14. The lowest BCUT2D eigenvalue weighted by molar-refractivity contribution is -0.121. The molecular formula is C22H21N3O3S. The number of thiazole rings is 1. The average molecular weight is 407 g/mol. The molecule has 1 unspecified atom stereocenters. The molecule has 6 nitrogen and oxygen atoms in total. The molecular weight excluding hydrogens is 386 g/mol. The van der Waals surface area contributed by atoms with Crippen LogP contribution in [0, 0.1) is 5.92 Å². The van der Waals surface area contributed by atoms with E-state index in [-0.39, 0.29) is 18.4 Å². The van der Waals surface area contributed by atoms with Gasteiger partial charge in [-0.1, -0.05) is 6.07 Å². The normalized spacial score (nSPS) is 16.3. The Bertz CT molecular complexity index is 1020. The molecule has 2 aromatic heterocycles. The summed E-state index contributed by atoms with van der Waals surface area (Å²) in [6, 6.07) is 9.82. The molecule has 3 aromatic rings. The SMILES string of the molecule is O=C(Cc1csc(-c2cccnc2)n1)NC(c1ccc2c(c1)OCCO2)C1CC1. The van der Waals surface area contributed by atoms with Crippen LogP contribution in [-0.4, -0.2) is 29.1 Å². The van der Waals surface area contributed by atoms with Gasteiger partial charge in [0.15, 0.2) is 11.5 Å². The van der Waals surface area contributed by atoms with Crippen molar-refractivity contribution in [2.45, 2.75) is 25.3 Å². The lowest BCUT2D eigenvalue weighted by Gasteiger charge is -2.23. The molecule has 1 saturated carbocycles. The third-order valence-corrected chi connectivity index (χ3v) is 6.08. The average Bonchev–Trinajstić information content (AvgIpc) is 3.50. The first-order chi connectivity index (χ1) is 14.3. The van der Waals surface area contributed by atoms with Crippen LogP contribution in [0.15, 0.2) is 48.1 Å². The van der Waals surface area contributed by atoms with Crippen molar-refractivity contribution < 1.29 is 14.3 Å².